The molecule has 0 saturated heterocycles. The minimum absolute atomic E-state index is 0.105. The van der Waals surface area contributed by atoms with Crippen LogP contribution in [0.25, 0.3) is 0 Å². The van der Waals surface area contributed by atoms with Crippen LogP contribution in [0.1, 0.15) is 59.3 Å². The van der Waals surface area contributed by atoms with E-state index >= 15 is 0 Å². The molecule has 1 N–H and O–H groups in total. The molecule has 0 atom stereocenters. The summed E-state index contributed by atoms with van der Waals surface area (Å²) < 4.78 is 32.6. The maximum absolute atomic E-state index is 11.9. The van der Waals surface area contributed by atoms with Crippen molar-refractivity contribution in [2.75, 3.05) is 0 Å². The second-order valence-corrected chi connectivity index (χ2v) is 9.97. The van der Waals surface area contributed by atoms with Gasteiger partial charge < -0.3 is 0 Å². The van der Waals surface area contributed by atoms with E-state index in [0.717, 1.165) is 19.3 Å². The summed E-state index contributed by atoms with van der Waals surface area (Å²) in [6.07, 6.45) is 5.32. The molecule has 0 aliphatic heterocycles. The number of rotatable bonds is 1. The molecule has 4 fully saturated rings. The van der Waals surface area contributed by atoms with Crippen LogP contribution >= 0.6 is 0 Å². The lowest BCUT2D eigenvalue weighted by molar-refractivity contribution is -0.127. The summed E-state index contributed by atoms with van der Waals surface area (Å²) in [7, 11) is -3.94. The van der Waals surface area contributed by atoms with Gasteiger partial charge in [0, 0.05) is 0 Å². The summed E-state index contributed by atoms with van der Waals surface area (Å²) in [4.78, 5) is 0. The average molecular weight is 258 g/mol. The molecule has 0 unspecified atom stereocenters. The van der Waals surface area contributed by atoms with Crippen LogP contribution in [0.5, 0.6) is 0 Å². The predicted octanol–water partition coefficient (Wildman–Crippen LogP) is 3.01. The topological polar surface area (TPSA) is 54.4 Å². The molecule has 0 radical (unpaired) electrons. The van der Waals surface area contributed by atoms with Crippen molar-refractivity contribution in [3.8, 4) is 0 Å². The molecule has 0 aromatic heterocycles. The summed E-state index contributed by atoms with van der Waals surface area (Å²) in [5.74, 6) is 0. The fourth-order valence-corrected chi connectivity index (χ4v) is 8.04. The molecule has 0 aromatic rings. The third-order valence-corrected chi connectivity index (χ3v) is 6.88. The lowest BCUT2D eigenvalue weighted by Gasteiger charge is -2.67. The summed E-state index contributed by atoms with van der Waals surface area (Å²) in [6, 6.07) is 0. The van der Waals surface area contributed by atoms with Gasteiger partial charge in [-0.25, -0.2) is 0 Å². The molecule has 0 amide bonds. The lowest BCUT2D eigenvalue weighted by atomic mass is 9.40. The van der Waals surface area contributed by atoms with Crippen LogP contribution < -0.4 is 0 Å². The molecule has 4 aliphatic rings. The third kappa shape index (κ3) is 1.53. The Kier molecular flexibility index (Phi) is 1.93. The maximum Gasteiger partial charge on any atom is 0.270 e. The molecule has 4 rings (SSSR count). The summed E-state index contributed by atoms with van der Waals surface area (Å²) in [6.45, 7) is 6.63. The fraction of sp³-hybridized carbons (Fsp3) is 1.00. The monoisotopic (exact) mass is 258 g/mol. The second-order valence-electron chi connectivity index (χ2n) is 8.15. The Morgan fingerprint density at radius 2 is 1.06 bits per heavy atom. The third-order valence-electron chi connectivity index (χ3n) is 5.35. The van der Waals surface area contributed by atoms with E-state index in [4.69, 9.17) is 0 Å². The first kappa shape index (κ1) is 12.0. The quantitative estimate of drug-likeness (QED) is 0.736. The van der Waals surface area contributed by atoms with E-state index in [1.807, 2.05) is 0 Å². The highest BCUT2D eigenvalue weighted by molar-refractivity contribution is 7.87. The summed E-state index contributed by atoms with van der Waals surface area (Å²) in [5, 5.41) is 0. The van der Waals surface area contributed by atoms with Gasteiger partial charge in [0.05, 0.1) is 4.75 Å². The number of hydrogen-bond acceptors (Lipinski definition) is 2. The van der Waals surface area contributed by atoms with Crippen molar-refractivity contribution in [2.24, 2.45) is 16.2 Å². The molecular weight excluding hydrogens is 236 g/mol. The van der Waals surface area contributed by atoms with Gasteiger partial charge in [-0.3, -0.25) is 4.55 Å². The van der Waals surface area contributed by atoms with Crippen molar-refractivity contribution < 1.29 is 13.0 Å². The molecule has 17 heavy (non-hydrogen) atoms. The van der Waals surface area contributed by atoms with E-state index in [1.54, 1.807) is 0 Å². The zero-order chi connectivity index (χ0) is 12.7. The highest BCUT2D eigenvalue weighted by atomic mass is 32.2. The predicted molar refractivity (Wildman–Crippen MR) is 66.3 cm³/mol. The standard InChI is InChI=1S/C13H22O3S/c1-10-4-11(2)6-12(3,5-10)9-13(7-10,8-11)17(14,15)16/h4-9H2,1-3H3,(H,14,15,16). The Labute approximate surface area is 104 Å². The van der Waals surface area contributed by atoms with Crippen LogP contribution in [0.15, 0.2) is 0 Å². The van der Waals surface area contributed by atoms with E-state index in [2.05, 4.69) is 20.8 Å². The summed E-state index contributed by atoms with van der Waals surface area (Å²) >= 11 is 0. The van der Waals surface area contributed by atoms with Gasteiger partial charge in [-0.1, -0.05) is 20.8 Å². The Morgan fingerprint density at radius 3 is 1.29 bits per heavy atom. The molecule has 98 valence electrons. The Hall–Kier alpha value is -0.0900. The van der Waals surface area contributed by atoms with Crippen LogP contribution in [-0.2, 0) is 10.1 Å². The lowest BCUT2D eigenvalue weighted by Crippen LogP contribution is -2.64. The van der Waals surface area contributed by atoms with Crippen molar-refractivity contribution in [3.05, 3.63) is 0 Å². The first-order valence-electron chi connectivity index (χ1n) is 6.46. The van der Waals surface area contributed by atoms with E-state index in [9.17, 15) is 13.0 Å². The van der Waals surface area contributed by atoms with E-state index in [0.29, 0.717) is 19.3 Å². The van der Waals surface area contributed by atoms with Crippen LogP contribution in [0.4, 0.5) is 0 Å². The first-order chi connectivity index (χ1) is 7.49. The molecular formula is C13H22O3S. The average Bonchev–Trinajstić information content (AvgIpc) is 1.89. The minimum atomic E-state index is -3.94. The molecule has 4 saturated carbocycles. The van der Waals surface area contributed by atoms with Gasteiger partial charge in [-0.05, 0) is 54.8 Å². The van der Waals surface area contributed by atoms with Crippen molar-refractivity contribution in [2.45, 2.75) is 64.0 Å². The van der Waals surface area contributed by atoms with Crippen molar-refractivity contribution in [1.29, 1.82) is 0 Å². The van der Waals surface area contributed by atoms with Crippen LogP contribution in [0, 0.1) is 16.2 Å². The fourth-order valence-electron chi connectivity index (χ4n) is 6.45. The van der Waals surface area contributed by atoms with Crippen molar-refractivity contribution in [3.63, 3.8) is 0 Å². The molecule has 4 bridgehead atoms. The Morgan fingerprint density at radius 1 is 0.765 bits per heavy atom. The van der Waals surface area contributed by atoms with Gasteiger partial charge in [-0.2, -0.15) is 8.42 Å². The zero-order valence-corrected chi connectivity index (χ0v) is 11.7. The zero-order valence-electron chi connectivity index (χ0n) is 10.9. The maximum atomic E-state index is 11.9. The SMILES string of the molecule is CC12CC3(C)CC(C)(C1)CC(S(=O)(=O)O)(C2)C3. The molecule has 3 nitrogen and oxygen atoms in total. The molecule has 0 aromatic carbocycles. The largest absolute Gasteiger partial charge is 0.285 e. The van der Waals surface area contributed by atoms with Gasteiger partial charge in [0.1, 0.15) is 0 Å². The van der Waals surface area contributed by atoms with Gasteiger partial charge in [0.15, 0.2) is 0 Å². The van der Waals surface area contributed by atoms with E-state index < -0.39 is 14.9 Å². The Bertz CT molecular complexity index is 425. The van der Waals surface area contributed by atoms with Crippen molar-refractivity contribution >= 4 is 10.1 Å². The molecule has 0 spiro atoms. The Balaban J connectivity index is 2.17. The smallest absolute Gasteiger partial charge is 0.270 e. The van der Waals surface area contributed by atoms with E-state index in [-0.39, 0.29) is 16.2 Å². The first-order valence-corrected chi connectivity index (χ1v) is 7.90. The second kappa shape index (κ2) is 2.74. The van der Waals surface area contributed by atoms with Crippen LogP contribution in [-0.4, -0.2) is 17.7 Å². The van der Waals surface area contributed by atoms with Gasteiger partial charge in [0.25, 0.3) is 10.1 Å². The van der Waals surface area contributed by atoms with Gasteiger partial charge >= 0.3 is 0 Å². The minimum Gasteiger partial charge on any atom is -0.285 e. The van der Waals surface area contributed by atoms with Crippen LogP contribution in [0.2, 0.25) is 0 Å². The highest BCUT2D eigenvalue weighted by Gasteiger charge is 2.68. The summed E-state index contributed by atoms with van der Waals surface area (Å²) in [5.41, 5.74) is 0.316. The number of hydrogen-bond donors (Lipinski definition) is 1. The highest BCUT2D eigenvalue weighted by Crippen LogP contribution is 2.72. The molecule has 4 heteroatoms. The normalized spacial score (nSPS) is 57.4. The van der Waals surface area contributed by atoms with E-state index in [1.165, 1.54) is 0 Å². The van der Waals surface area contributed by atoms with Gasteiger partial charge in [0.2, 0.25) is 0 Å². The van der Waals surface area contributed by atoms with Crippen molar-refractivity contribution in [1.82, 2.24) is 0 Å². The molecule has 4 aliphatic carbocycles. The molecule has 0 heterocycles. The van der Waals surface area contributed by atoms with Gasteiger partial charge in [-0.15, -0.1) is 0 Å². The van der Waals surface area contributed by atoms with Crippen LogP contribution in [0.3, 0.4) is 0 Å².